The van der Waals surface area contributed by atoms with Crippen LogP contribution < -0.4 is 5.30 Å². The van der Waals surface area contributed by atoms with Crippen molar-refractivity contribution < 1.29 is 4.74 Å². The smallest absolute Gasteiger partial charge is 0.169 e. The fourth-order valence-electron chi connectivity index (χ4n) is 3.92. The van der Waals surface area contributed by atoms with Gasteiger partial charge in [0.2, 0.25) is 0 Å². The number of hydrogen-bond acceptors (Lipinski definition) is 5. The summed E-state index contributed by atoms with van der Waals surface area (Å²) < 4.78 is 12.5. The van der Waals surface area contributed by atoms with Crippen molar-refractivity contribution in [2.24, 2.45) is 4.99 Å². The van der Waals surface area contributed by atoms with Gasteiger partial charge < -0.3 is 9.41 Å². The quantitative estimate of drug-likeness (QED) is 0.626. The highest BCUT2D eigenvalue weighted by Gasteiger charge is 2.38. The predicted octanol–water partition coefficient (Wildman–Crippen LogP) is 3.47. The molecule has 1 atom stereocenters. The molecule has 6 nitrogen and oxygen atoms in total. The predicted molar refractivity (Wildman–Crippen MR) is 118 cm³/mol. The van der Waals surface area contributed by atoms with E-state index in [9.17, 15) is 0 Å². The summed E-state index contributed by atoms with van der Waals surface area (Å²) in [5.41, 5.74) is 3.21. The van der Waals surface area contributed by atoms with E-state index < -0.39 is 8.22 Å². The van der Waals surface area contributed by atoms with Gasteiger partial charge in [0, 0.05) is 25.7 Å². The van der Waals surface area contributed by atoms with Crippen LogP contribution in [0.25, 0.3) is 5.69 Å². The van der Waals surface area contributed by atoms with Crippen LogP contribution in [0.2, 0.25) is 0 Å². The third kappa shape index (κ3) is 3.27. The Labute approximate surface area is 172 Å². The Balaban J connectivity index is 1.71. The molecule has 148 valence electrons. The zero-order valence-electron chi connectivity index (χ0n) is 16.7. The highest BCUT2D eigenvalue weighted by Crippen LogP contribution is 2.50. The van der Waals surface area contributed by atoms with Crippen LogP contribution in [0.4, 0.5) is 5.82 Å². The summed E-state index contributed by atoms with van der Waals surface area (Å²) >= 11 is 0. The van der Waals surface area contributed by atoms with Crippen LogP contribution in [0.1, 0.15) is 11.3 Å². The molecule has 2 aliphatic heterocycles. The van der Waals surface area contributed by atoms with E-state index in [-0.39, 0.29) is 0 Å². The van der Waals surface area contributed by atoms with Crippen molar-refractivity contribution in [3.63, 3.8) is 0 Å². The van der Waals surface area contributed by atoms with Crippen molar-refractivity contribution in [3.8, 4) is 5.69 Å². The Kier molecular flexibility index (Phi) is 4.92. The Morgan fingerprint density at radius 1 is 0.931 bits per heavy atom. The molecule has 0 amide bonds. The van der Waals surface area contributed by atoms with Crippen molar-refractivity contribution in [1.29, 1.82) is 0 Å². The van der Waals surface area contributed by atoms with Gasteiger partial charge in [-0.05, 0) is 19.1 Å². The fraction of sp³-hybridized carbons (Fsp3) is 0.273. The number of hydrogen-bond donors (Lipinski definition) is 0. The van der Waals surface area contributed by atoms with E-state index in [0.29, 0.717) is 0 Å². The molecule has 7 heteroatoms. The standard InChI is InChI=1S/C22H24N5OP/c1-17-20-22(27(24-17)19-11-7-4-8-12-19)23-21(18-9-5-3-6-10-18)25(2)29(20)26-13-15-28-16-14-26/h3-12H,13-16H2,1-2H3. The van der Waals surface area contributed by atoms with E-state index in [0.717, 1.165) is 54.9 Å². The third-order valence-corrected chi connectivity index (χ3v) is 7.91. The maximum atomic E-state index is 5.63. The summed E-state index contributed by atoms with van der Waals surface area (Å²) in [4.78, 5) is 5.14. The molecule has 1 saturated heterocycles. The summed E-state index contributed by atoms with van der Waals surface area (Å²) in [5, 5.41) is 6.15. The van der Waals surface area contributed by atoms with Gasteiger partial charge in [-0.2, -0.15) is 5.10 Å². The van der Waals surface area contributed by atoms with Crippen LogP contribution in [-0.4, -0.2) is 58.3 Å². The molecule has 5 rings (SSSR count). The van der Waals surface area contributed by atoms with Gasteiger partial charge in [-0.15, -0.1) is 0 Å². The lowest BCUT2D eigenvalue weighted by atomic mass is 10.2. The minimum Gasteiger partial charge on any atom is -0.379 e. The average molecular weight is 405 g/mol. The van der Waals surface area contributed by atoms with Gasteiger partial charge in [-0.1, -0.05) is 48.5 Å². The molecule has 0 saturated carbocycles. The molecular weight excluding hydrogens is 381 g/mol. The van der Waals surface area contributed by atoms with Gasteiger partial charge in [-0.3, -0.25) is 4.67 Å². The van der Waals surface area contributed by atoms with Gasteiger partial charge in [0.25, 0.3) is 0 Å². The second-order valence-corrected chi connectivity index (χ2v) is 9.38. The number of nitrogens with zero attached hydrogens (tertiary/aromatic N) is 5. The molecule has 1 aromatic heterocycles. The summed E-state index contributed by atoms with van der Waals surface area (Å²) in [5.74, 6) is 1.94. The van der Waals surface area contributed by atoms with Crippen molar-refractivity contribution in [2.45, 2.75) is 6.92 Å². The number of amidine groups is 1. The molecule has 0 radical (unpaired) electrons. The van der Waals surface area contributed by atoms with Gasteiger partial charge in [0.15, 0.2) is 5.82 Å². The number of morpholine rings is 1. The topological polar surface area (TPSA) is 45.9 Å². The first-order valence-corrected chi connectivity index (χ1v) is 11.1. The molecule has 2 aromatic carbocycles. The number of aryl methyl sites for hydroxylation is 1. The molecule has 1 fully saturated rings. The molecule has 1 unspecified atom stereocenters. The summed E-state index contributed by atoms with van der Waals surface area (Å²) in [6.45, 7) is 5.49. The number of aromatic nitrogens is 2. The fourth-order valence-corrected chi connectivity index (χ4v) is 6.42. The monoisotopic (exact) mass is 405 g/mol. The highest BCUT2D eigenvalue weighted by atomic mass is 31.1. The number of fused-ring (bicyclic) bond motifs is 1. The third-order valence-electron chi connectivity index (χ3n) is 5.30. The Morgan fingerprint density at radius 3 is 2.28 bits per heavy atom. The van der Waals surface area contributed by atoms with E-state index in [1.54, 1.807) is 0 Å². The van der Waals surface area contributed by atoms with E-state index in [1.165, 1.54) is 5.30 Å². The Hall–Kier alpha value is -2.53. The van der Waals surface area contributed by atoms with Crippen LogP contribution in [-0.2, 0) is 4.74 Å². The van der Waals surface area contributed by atoms with E-state index in [1.807, 2.05) is 28.9 Å². The molecule has 0 N–H and O–H groups in total. The van der Waals surface area contributed by atoms with Crippen LogP contribution >= 0.6 is 8.22 Å². The first kappa shape index (κ1) is 18.5. The molecule has 0 aliphatic carbocycles. The van der Waals surface area contributed by atoms with E-state index >= 15 is 0 Å². The second-order valence-electron chi connectivity index (χ2n) is 7.19. The summed E-state index contributed by atoms with van der Waals surface area (Å²) in [6.07, 6.45) is 0. The first-order chi connectivity index (χ1) is 14.2. The zero-order chi connectivity index (χ0) is 19.8. The maximum absolute atomic E-state index is 5.63. The largest absolute Gasteiger partial charge is 0.379 e. The number of aliphatic imine (C=N–C) groups is 1. The van der Waals surface area contributed by atoms with Crippen molar-refractivity contribution in [1.82, 2.24) is 19.1 Å². The van der Waals surface area contributed by atoms with Crippen LogP contribution in [0, 0.1) is 6.92 Å². The minimum absolute atomic E-state index is 0.748. The Bertz CT molecular complexity index is 1030. The lowest BCUT2D eigenvalue weighted by Crippen LogP contribution is -2.43. The second kappa shape index (κ2) is 7.71. The van der Waals surface area contributed by atoms with Crippen LogP contribution in [0.15, 0.2) is 65.7 Å². The molecule has 3 aromatic rings. The number of rotatable bonds is 3. The summed E-state index contributed by atoms with van der Waals surface area (Å²) in [6, 6.07) is 20.7. The molecule has 29 heavy (non-hydrogen) atoms. The highest BCUT2D eigenvalue weighted by molar-refractivity contribution is 7.62. The number of para-hydroxylation sites is 1. The van der Waals surface area contributed by atoms with Crippen molar-refractivity contribution >= 4 is 25.2 Å². The maximum Gasteiger partial charge on any atom is 0.169 e. The van der Waals surface area contributed by atoms with E-state index in [2.05, 4.69) is 59.7 Å². The SMILES string of the molecule is Cc1nn(-c2ccccc2)c2c1P(N1CCOCC1)N(C)C(c1ccccc1)=N2. The zero-order valence-corrected chi connectivity index (χ0v) is 17.6. The molecule has 2 aliphatic rings. The van der Waals surface area contributed by atoms with E-state index in [4.69, 9.17) is 14.8 Å². The lowest BCUT2D eigenvalue weighted by molar-refractivity contribution is 0.0740. The lowest BCUT2D eigenvalue weighted by Gasteiger charge is -2.42. The van der Waals surface area contributed by atoms with Crippen LogP contribution in [0.5, 0.6) is 0 Å². The molecule has 3 heterocycles. The van der Waals surface area contributed by atoms with Gasteiger partial charge >= 0.3 is 0 Å². The number of benzene rings is 2. The van der Waals surface area contributed by atoms with Crippen molar-refractivity contribution in [3.05, 3.63) is 71.9 Å². The average Bonchev–Trinajstić information content (AvgIpc) is 3.11. The van der Waals surface area contributed by atoms with Crippen LogP contribution in [0.3, 0.4) is 0 Å². The summed E-state index contributed by atoms with van der Waals surface area (Å²) in [7, 11) is 1.41. The first-order valence-electron chi connectivity index (χ1n) is 9.89. The molecular formula is C22H24N5OP. The minimum atomic E-state index is -0.748. The molecule has 0 bridgehead atoms. The normalized spacial score (nSPS) is 19.7. The molecule has 0 spiro atoms. The van der Waals surface area contributed by atoms with Gasteiger partial charge in [0.1, 0.15) is 14.1 Å². The van der Waals surface area contributed by atoms with Gasteiger partial charge in [-0.25, -0.2) is 9.67 Å². The Morgan fingerprint density at radius 2 is 1.59 bits per heavy atom. The van der Waals surface area contributed by atoms with Gasteiger partial charge in [0.05, 0.1) is 29.9 Å². The van der Waals surface area contributed by atoms with Crippen molar-refractivity contribution in [2.75, 3.05) is 33.4 Å². The number of ether oxygens (including phenoxy) is 1.